The van der Waals surface area contributed by atoms with Crippen LogP contribution in [0.1, 0.15) is 39.3 Å². The van der Waals surface area contributed by atoms with Gasteiger partial charge in [-0.05, 0) is 12.3 Å². The van der Waals surface area contributed by atoms with E-state index in [1.807, 2.05) is 6.92 Å². The van der Waals surface area contributed by atoms with Crippen molar-refractivity contribution >= 4 is 0 Å². The molecule has 1 rings (SSSR count). The predicted octanol–water partition coefficient (Wildman–Crippen LogP) is 1.43. The van der Waals surface area contributed by atoms with Gasteiger partial charge >= 0.3 is 0 Å². The van der Waals surface area contributed by atoms with Crippen LogP contribution >= 0.6 is 0 Å². The number of nitrogens with zero attached hydrogens (tertiary/aromatic N) is 2. The van der Waals surface area contributed by atoms with Gasteiger partial charge in [-0.15, -0.1) is 0 Å². The highest BCUT2D eigenvalue weighted by Crippen LogP contribution is 2.31. The van der Waals surface area contributed by atoms with Gasteiger partial charge in [-0.2, -0.15) is 0 Å². The third kappa shape index (κ3) is 3.73. The van der Waals surface area contributed by atoms with Gasteiger partial charge in [0.2, 0.25) is 0 Å². The number of hydrazine groups is 1. The van der Waals surface area contributed by atoms with Crippen molar-refractivity contribution in [3.8, 4) is 0 Å². The lowest BCUT2D eigenvalue weighted by molar-refractivity contribution is -0.0368. The number of ether oxygens (including phenoxy) is 1. The van der Waals surface area contributed by atoms with E-state index in [1.54, 1.807) is 12.4 Å². The van der Waals surface area contributed by atoms with E-state index in [-0.39, 0.29) is 17.6 Å². The molecular formula is C12H22N4O. The molecule has 5 heteroatoms. The Bertz CT molecular complexity index is 323. The summed E-state index contributed by atoms with van der Waals surface area (Å²) in [7, 11) is 0. The molecule has 2 unspecified atom stereocenters. The molecule has 1 aromatic rings. The van der Waals surface area contributed by atoms with Gasteiger partial charge in [0.25, 0.3) is 0 Å². The largest absolute Gasteiger partial charge is 0.376 e. The molecule has 0 radical (unpaired) electrons. The number of rotatable bonds is 5. The van der Waals surface area contributed by atoms with Crippen LogP contribution in [0.2, 0.25) is 0 Å². The van der Waals surface area contributed by atoms with Gasteiger partial charge in [-0.1, -0.05) is 20.8 Å². The second-order valence-electron chi connectivity index (χ2n) is 5.06. The first-order valence-electron chi connectivity index (χ1n) is 5.83. The average Bonchev–Trinajstić information content (AvgIpc) is 2.29. The van der Waals surface area contributed by atoms with Crippen LogP contribution in [0.3, 0.4) is 0 Å². The van der Waals surface area contributed by atoms with Gasteiger partial charge in [-0.25, -0.2) is 9.97 Å². The molecule has 0 aliphatic heterocycles. The van der Waals surface area contributed by atoms with Crippen LogP contribution in [0.5, 0.6) is 0 Å². The normalized spacial score (nSPS) is 15.6. The maximum absolute atomic E-state index is 5.82. The molecule has 0 saturated carbocycles. The minimum absolute atomic E-state index is 0.0249. The monoisotopic (exact) mass is 238 g/mol. The first-order valence-corrected chi connectivity index (χ1v) is 5.83. The van der Waals surface area contributed by atoms with E-state index in [0.29, 0.717) is 6.61 Å². The minimum Gasteiger partial charge on any atom is -0.376 e. The fraction of sp³-hybridized carbons (Fsp3) is 0.667. The molecule has 0 fully saturated rings. The van der Waals surface area contributed by atoms with E-state index < -0.39 is 0 Å². The van der Waals surface area contributed by atoms with Gasteiger partial charge in [0.05, 0.1) is 12.1 Å². The Balaban J connectivity index is 2.98. The highest BCUT2D eigenvalue weighted by Gasteiger charge is 2.33. The van der Waals surface area contributed by atoms with Crippen molar-refractivity contribution in [1.29, 1.82) is 0 Å². The zero-order valence-corrected chi connectivity index (χ0v) is 11.0. The third-order valence-electron chi connectivity index (χ3n) is 2.62. The Morgan fingerprint density at radius 3 is 2.35 bits per heavy atom. The molecule has 1 heterocycles. The third-order valence-corrected chi connectivity index (χ3v) is 2.62. The second kappa shape index (κ2) is 6.05. The Morgan fingerprint density at radius 2 is 1.94 bits per heavy atom. The number of aromatic nitrogens is 2. The Kier molecular flexibility index (Phi) is 4.99. The predicted molar refractivity (Wildman–Crippen MR) is 67.0 cm³/mol. The zero-order chi connectivity index (χ0) is 12.9. The van der Waals surface area contributed by atoms with Crippen molar-refractivity contribution < 1.29 is 4.74 Å². The van der Waals surface area contributed by atoms with Crippen LogP contribution in [0, 0.1) is 5.41 Å². The van der Waals surface area contributed by atoms with Crippen LogP contribution in [0.4, 0.5) is 0 Å². The van der Waals surface area contributed by atoms with Crippen molar-refractivity contribution in [2.45, 2.75) is 39.8 Å². The summed E-state index contributed by atoms with van der Waals surface area (Å²) < 4.78 is 5.82. The molecule has 0 aromatic carbocycles. The fourth-order valence-corrected chi connectivity index (χ4v) is 1.86. The van der Waals surface area contributed by atoms with E-state index in [9.17, 15) is 0 Å². The summed E-state index contributed by atoms with van der Waals surface area (Å²) in [5, 5.41) is 0. The molecular weight excluding hydrogens is 216 g/mol. The first-order chi connectivity index (χ1) is 8.00. The lowest BCUT2D eigenvalue weighted by Crippen LogP contribution is -2.44. The van der Waals surface area contributed by atoms with Crippen LogP contribution in [0.15, 0.2) is 18.7 Å². The highest BCUT2D eigenvalue weighted by molar-refractivity contribution is 5.12. The Hall–Kier alpha value is -1.04. The summed E-state index contributed by atoms with van der Waals surface area (Å²) >= 11 is 0. The first kappa shape index (κ1) is 14.0. The van der Waals surface area contributed by atoms with Gasteiger partial charge in [-0.3, -0.25) is 11.3 Å². The van der Waals surface area contributed by atoms with E-state index in [4.69, 9.17) is 10.6 Å². The van der Waals surface area contributed by atoms with E-state index in [0.717, 1.165) is 5.56 Å². The Labute approximate surface area is 103 Å². The molecule has 0 spiro atoms. The molecule has 96 valence electrons. The van der Waals surface area contributed by atoms with Gasteiger partial charge in [0.1, 0.15) is 6.33 Å². The lowest BCUT2D eigenvalue weighted by atomic mass is 9.82. The van der Waals surface area contributed by atoms with E-state index >= 15 is 0 Å². The maximum atomic E-state index is 5.82. The quantitative estimate of drug-likeness (QED) is 0.599. The zero-order valence-electron chi connectivity index (χ0n) is 11.0. The molecule has 1 aromatic heterocycles. The van der Waals surface area contributed by atoms with Crippen molar-refractivity contribution in [1.82, 2.24) is 15.4 Å². The summed E-state index contributed by atoms with van der Waals surface area (Å²) in [6.07, 6.45) is 4.98. The molecule has 0 aliphatic carbocycles. The molecule has 3 N–H and O–H groups in total. The molecule has 17 heavy (non-hydrogen) atoms. The molecule has 0 amide bonds. The number of nitrogens with one attached hydrogen (secondary N) is 1. The number of nitrogens with two attached hydrogens (primary N) is 1. The fourth-order valence-electron chi connectivity index (χ4n) is 1.86. The van der Waals surface area contributed by atoms with Crippen LogP contribution in [-0.4, -0.2) is 22.7 Å². The summed E-state index contributed by atoms with van der Waals surface area (Å²) in [4.78, 5) is 8.03. The topological polar surface area (TPSA) is 73.1 Å². The van der Waals surface area contributed by atoms with Crippen molar-refractivity contribution in [3.63, 3.8) is 0 Å². The smallest absolute Gasteiger partial charge is 0.115 e. The van der Waals surface area contributed by atoms with Gasteiger partial charge in [0, 0.05) is 24.6 Å². The molecule has 0 aliphatic rings. The lowest BCUT2D eigenvalue weighted by Gasteiger charge is -2.36. The van der Waals surface area contributed by atoms with Crippen molar-refractivity contribution in [2.75, 3.05) is 6.61 Å². The maximum Gasteiger partial charge on any atom is 0.115 e. The Morgan fingerprint density at radius 1 is 1.35 bits per heavy atom. The van der Waals surface area contributed by atoms with Crippen LogP contribution < -0.4 is 11.3 Å². The summed E-state index contributed by atoms with van der Waals surface area (Å²) in [6, 6.07) is -0.115. The number of hydrogen-bond acceptors (Lipinski definition) is 5. The van der Waals surface area contributed by atoms with Crippen molar-refractivity contribution in [2.24, 2.45) is 11.3 Å². The summed E-state index contributed by atoms with van der Waals surface area (Å²) in [5.41, 5.74) is 3.71. The summed E-state index contributed by atoms with van der Waals surface area (Å²) in [6.45, 7) is 9.01. The second-order valence-corrected chi connectivity index (χ2v) is 5.06. The van der Waals surface area contributed by atoms with Crippen molar-refractivity contribution in [3.05, 3.63) is 24.3 Å². The standard InChI is InChI=1S/C12H22N4O/c1-5-17-11(12(2,3)4)10(16-13)9-6-14-8-15-7-9/h6-8,10-11,16H,5,13H2,1-4H3. The highest BCUT2D eigenvalue weighted by atomic mass is 16.5. The molecule has 0 bridgehead atoms. The average molecular weight is 238 g/mol. The molecule has 0 saturated heterocycles. The van der Waals surface area contributed by atoms with E-state index in [1.165, 1.54) is 6.33 Å². The SMILES string of the molecule is CCOC(C(NN)c1cncnc1)C(C)(C)C. The van der Waals surface area contributed by atoms with Gasteiger partial charge < -0.3 is 4.74 Å². The minimum atomic E-state index is -0.115. The molecule has 5 nitrogen and oxygen atoms in total. The van der Waals surface area contributed by atoms with Crippen LogP contribution in [0.25, 0.3) is 0 Å². The molecule has 2 atom stereocenters. The van der Waals surface area contributed by atoms with Gasteiger partial charge in [0.15, 0.2) is 0 Å². The van der Waals surface area contributed by atoms with Crippen LogP contribution in [-0.2, 0) is 4.74 Å². The summed E-state index contributed by atoms with van der Waals surface area (Å²) in [5.74, 6) is 5.65. The van der Waals surface area contributed by atoms with E-state index in [2.05, 4.69) is 36.2 Å². The number of hydrogen-bond donors (Lipinski definition) is 2.